The van der Waals surface area contributed by atoms with Crippen LogP contribution in [0, 0.1) is 0 Å². The second-order valence-electron chi connectivity index (χ2n) is 7.69. The molecule has 0 radical (unpaired) electrons. The lowest BCUT2D eigenvalue weighted by Crippen LogP contribution is -2.44. The largest absolute Gasteiger partial charge is 0.354 e. The van der Waals surface area contributed by atoms with E-state index in [9.17, 15) is 9.59 Å². The van der Waals surface area contributed by atoms with Crippen LogP contribution in [0.4, 0.5) is 5.82 Å². The molecule has 148 valence electrons. The number of carbonyl (C=O) groups excluding carboxylic acids is 2. The number of hydrogen-bond donors (Lipinski definition) is 1. The van der Waals surface area contributed by atoms with E-state index in [1.165, 1.54) is 0 Å². The number of pyridine rings is 1. The minimum atomic E-state index is -0.0458. The van der Waals surface area contributed by atoms with Crippen molar-refractivity contribution in [2.45, 2.75) is 45.2 Å². The first-order valence-electron chi connectivity index (χ1n) is 9.97. The number of likely N-dealkylation sites (tertiary alicyclic amines) is 1. The molecule has 0 bridgehead atoms. The number of carbonyl (C=O) groups is 2. The summed E-state index contributed by atoms with van der Waals surface area (Å²) < 4.78 is 0. The van der Waals surface area contributed by atoms with Crippen molar-refractivity contribution in [1.82, 2.24) is 20.1 Å². The summed E-state index contributed by atoms with van der Waals surface area (Å²) in [6.45, 7) is 7.28. The topological polar surface area (TPSA) is 68.8 Å². The molecule has 2 fully saturated rings. The van der Waals surface area contributed by atoms with Crippen molar-refractivity contribution in [3.8, 4) is 0 Å². The molecule has 1 aromatic rings. The van der Waals surface area contributed by atoms with Crippen LogP contribution in [0.15, 0.2) is 18.3 Å². The van der Waals surface area contributed by atoms with Crippen LogP contribution in [0.3, 0.4) is 0 Å². The number of rotatable bonds is 6. The van der Waals surface area contributed by atoms with Crippen LogP contribution in [0.5, 0.6) is 0 Å². The fourth-order valence-corrected chi connectivity index (χ4v) is 3.69. The van der Waals surface area contributed by atoms with Gasteiger partial charge in [-0.05, 0) is 38.4 Å². The maximum atomic E-state index is 12.2. The molecule has 7 heteroatoms. The van der Waals surface area contributed by atoms with Gasteiger partial charge < -0.3 is 20.0 Å². The van der Waals surface area contributed by atoms with Crippen molar-refractivity contribution < 1.29 is 9.59 Å². The highest BCUT2D eigenvalue weighted by atomic mass is 16.2. The predicted octanol–water partition coefficient (Wildman–Crippen LogP) is 1.24. The second kappa shape index (κ2) is 9.17. The standard InChI is InChI=1S/C20H31N5O2/c1-16(25-8-4-3-5-20(25)27)13-19(26)22-15-17-6-7-18(21-14-17)24-11-9-23(2)10-12-24/h6-7,14,16H,3-5,8-13,15H2,1-2H3,(H,22,26). The molecule has 3 heterocycles. The van der Waals surface area contributed by atoms with Crippen molar-refractivity contribution in [3.63, 3.8) is 0 Å². The van der Waals surface area contributed by atoms with Crippen LogP contribution in [0.2, 0.25) is 0 Å². The van der Waals surface area contributed by atoms with Crippen LogP contribution in [-0.4, -0.2) is 72.4 Å². The molecule has 2 saturated heterocycles. The molecule has 2 aliphatic rings. The summed E-state index contributed by atoms with van der Waals surface area (Å²) in [6, 6.07) is 4.01. The van der Waals surface area contributed by atoms with Gasteiger partial charge in [0.15, 0.2) is 0 Å². The van der Waals surface area contributed by atoms with E-state index in [4.69, 9.17) is 0 Å². The Bertz CT molecular complexity index is 640. The van der Waals surface area contributed by atoms with Crippen LogP contribution in [-0.2, 0) is 16.1 Å². The first kappa shape index (κ1) is 19.6. The highest BCUT2D eigenvalue weighted by Gasteiger charge is 2.24. The molecular weight excluding hydrogens is 342 g/mol. The molecular formula is C20H31N5O2. The zero-order chi connectivity index (χ0) is 19.2. The predicted molar refractivity (Wildman–Crippen MR) is 105 cm³/mol. The fourth-order valence-electron chi connectivity index (χ4n) is 3.69. The van der Waals surface area contributed by atoms with Crippen molar-refractivity contribution in [2.75, 3.05) is 44.7 Å². The molecule has 27 heavy (non-hydrogen) atoms. The van der Waals surface area contributed by atoms with Crippen LogP contribution in [0.1, 0.15) is 38.2 Å². The Balaban J connectivity index is 1.44. The van der Waals surface area contributed by atoms with E-state index in [0.29, 0.717) is 19.4 Å². The first-order valence-corrected chi connectivity index (χ1v) is 9.97. The average molecular weight is 374 g/mol. The van der Waals surface area contributed by atoms with Crippen molar-refractivity contribution in [2.24, 2.45) is 0 Å². The van der Waals surface area contributed by atoms with Gasteiger partial charge in [0.2, 0.25) is 11.8 Å². The normalized spacial score (nSPS) is 19.9. The summed E-state index contributed by atoms with van der Waals surface area (Å²) in [6.07, 6.45) is 4.79. The van der Waals surface area contributed by atoms with Gasteiger partial charge in [0.05, 0.1) is 0 Å². The molecule has 1 atom stereocenters. The molecule has 0 spiro atoms. The summed E-state index contributed by atoms with van der Waals surface area (Å²) in [4.78, 5) is 35.2. The Kier molecular flexibility index (Phi) is 6.66. The van der Waals surface area contributed by atoms with Gasteiger partial charge in [-0.15, -0.1) is 0 Å². The third kappa shape index (κ3) is 5.42. The van der Waals surface area contributed by atoms with Crippen LogP contribution >= 0.6 is 0 Å². The second-order valence-corrected chi connectivity index (χ2v) is 7.69. The highest BCUT2D eigenvalue weighted by molar-refractivity contribution is 5.80. The van der Waals surface area contributed by atoms with Crippen molar-refractivity contribution in [3.05, 3.63) is 23.9 Å². The minimum Gasteiger partial charge on any atom is -0.354 e. The first-order chi connectivity index (χ1) is 13.0. The molecule has 1 aromatic heterocycles. The molecule has 1 N–H and O–H groups in total. The number of hydrogen-bond acceptors (Lipinski definition) is 5. The molecule has 3 rings (SSSR count). The Hall–Kier alpha value is -2.15. The number of nitrogens with one attached hydrogen (secondary N) is 1. The summed E-state index contributed by atoms with van der Waals surface area (Å²) >= 11 is 0. The molecule has 2 amide bonds. The monoisotopic (exact) mass is 373 g/mol. The third-order valence-electron chi connectivity index (χ3n) is 5.50. The molecule has 7 nitrogen and oxygen atoms in total. The van der Waals surface area contributed by atoms with Gasteiger partial charge in [-0.3, -0.25) is 9.59 Å². The third-order valence-corrected chi connectivity index (χ3v) is 5.50. The lowest BCUT2D eigenvalue weighted by Gasteiger charge is -2.33. The van der Waals surface area contributed by atoms with Crippen molar-refractivity contribution in [1.29, 1.82) is 0 Å². The molecule has 0 saturated carbocycles. The number of nitrogens with zero attached hydrogens (tertiary/aromatic N) is 4. The number of aromatic nitrogens is 1. The van der Waals surface area contributed by atoms with Gasteiger partial charge in [0.1, 0.15) is 5.82 Å². The molecule has 1 unspecified atom stereocenters. The summed E-state index contributed by atoms with van der Waals surface area (Å²) in [5, 5.41) is 2.95. The van der Waals surface area contributed by atoms with E-state index < -0.39 is 0 Å². The number of anilines is 1. The number of likely N-dealkylation sites (N-methyl/N-ethyl adjacent to an activating group) is 1. The summed E-state index contributed by atoms with van der Waals surface area (Å²) in [5.41, 5.74) is 0.989. The molecule has 0 aromatic carbocycles. The van der Waals surface area contributed by atoms with Gasteiger partial charge in [0.25, 0.3) is 0 Å². The number of amides is 2. The summed E-state index contributed by atoms with van der Waals surface area (Å²) in [5.74, 6) is 1.14. The Morgan fingerprint density at radius 2 is 1.96 bits per heavy atom. The van der Waals surface area contributed by atoms with E-state index in [1.807, 2.05) is 30.2 Å². The van der Waals surface area contributed by atoms with Crippen LogP contribution in [0.25, 0.3) is 0 Å². The van der Waals surface area contributed by atoms with Gasteiger partial charge >= 0.3 is 0 Å². The lowest BCUT2D eigenvalue weighted by atomic mass is 10.1. The zero-order valence-electron chi connectivity index (χ0n) is 16.5. The van der Waals surface area contributed by atoms with E-state index in [1.54, 1.807) is 0 Å². The van der Waals surface area contributed by atoms with Crippen LogP contribution < -0.4 is 10.2 Å². The average Bonchev–Trinajstić information content (AvgIpc) is 2.68. The maximum Gasteiger partial charge on any atom is 0.222 e. The van der Waals surface area contributed by atoms with Crippen molar-refractivity contribution >= 4 is 17.6 Å². The zero-order valence-corrected chi connectivity index (χ0v) is 16.5. The fraction of sp³-hybridized carbons (Fsp3) is 0.650. The van der Waals surface area contributed by atoms with E-state index in [2.05, 4.69) is 27.1 Å². The quantitative estimate of drug-likeness (QED) is 0.813. The number of piperazine rings is 1. The van der Waals surface area contributed by atoms with E-state index in [-0.39, 0.29) is 17.9 Å². The van der Waals surface area contributed by atoms with Gasteiger partial charge in [-0.25, -0.2) is 4.98 Å². The van der Waals surface area contributed by atoms with E-state index >= 15 is 0 Å². The Labute approximate surface area is 161 Å². The Morgan fingerprint density at radius 3 is 2.63 bits per heavy atom. The van der Waals surface area contributed by atoms with Gasteiger partial charge in [-0.2, -0.15) is 0 Å². The molecule has 0 aliphatic carbocycles. The number of piperidine rings is 1. The smallest absolute Gasteiger partial charge is 0.222 e. The maximum absolute atomic E-state index is 12.2. The molecule has 2 aliphatic heterocycles. The van der Waals surface area contributed by atoms with Gasteiger partial charge in [-0.1, -0.05) is 6.07 Å². The minimum absolute atomic E-state index is 0.0241. The summed E-state index contributed by atoms with van der Waals surface area (Å²) in [7, 11) is 2.14. The Morgan fingerprint density at radius 1 is 1.19 bits per heavy atom. The SMILES string of the molecule is CC(CC(=O)NCc1ccc(N2CCN(C)CC2)nc1)N1CCCCC1=O. The lowest BCUT2D eigenvalue weighted by molar-refractivity contribution is -0.136. The van der Waals surface area contributed by atoms with Gasteiger partial charge in [0, 0.05) is 64.3 Å². The van der Waals surface area contributed by atoms with E-state index in [0.717, 1.165) is 56.9 Å². The highest BCUT2D eigenvalue weighted by Crippen LogP contribution is 2.16.